The molecule has 4 aromatic carbocycles. The van der Waals surface area contributed by atoms with Gasteiger partial charge in [-0.15, -0.1) is 10.2 Å². The van der Waals surface area contributed by atoms with Crippen LogP contribution >= 0.6 is 0 Å². The first-order valence-corrected chi connectivity index (χ1v) is 20.6. The first kappa shape index (κ1) is 47.4. The van der Waals surface area contributed by atoms with Crippen molar-refractivity contribution in [2.24, 2.45) is 0 Å². The Morgan fingerprint density at radius 1 is 0.705 bits per heavy atom. The summed E-state index contributed by atoms with van der Waals surface area (Å²) in [4.78, 5) is 22.7. The predicted molar refractivity (Wildman–Crippen MR) is 203 cm³/mol. The largest absolute Gasteiger partial charge is 0.495 e. The number of rotatable bonds is 14. The summed E-state index contributed by atoms with van der Waals surface area (Å²) in [6.45, 7) is -1.78. The van der Waals surface area contributed by atoms with Crippen molar-refractivity contribution in [1.29, 1.82) is 0 Å². The van der Waals surface area contributed by atoms with Crippen molar-refractivity contribution >= 4 is 43.1 Å². The topological polar surface area (TPSA) is 178 Å². The maximum atomic E-state index is 14.7. The van der Waals surface area contributed by atoms with Gasteiger partial charge in [-0.05, 0) is 42.5 Å². The van der Waals surface area contributed by atoms with Gasteiger partial charge in [-0.1, -0.05) is 42.5 Å². The van der Waals surface area contributed by atoms with Crippen LogP contribution in [0.25, 0.3) is 11.5 Å². The SMILES string of the molecule is COc1ccccc1N(Cc1ccc(-c2nnc(C(F)(F)F)o2)cc1F)S(C)(=O)=O.COc1ccccc1N(Cc1ccc(C(=O)CNC(=O)C(F)(F)F)cc1F)S(C)(=O)=O. The number of nitrogens with one attached hydrogen (secondary N) is 1. The molecule has 328 valence electrons. The van der Waals surface area contributed by atoms with Gasteiger partial charge in [-0.2, -0.15) is 26.3 Å². The summed E-state index contributed by atoms with van der Waals surface area (Å²) >= 11 is 0. The van der Waals surface area contributed by atoms with E-state index in [4.69, 9.17) is 9.47 Å². The van der Waals surface area contributed by atoms with Gasteiger partial charge in [0.05, 0.1) is 57.7 Å². The van der Waals surface area contributed by atoms with Crippen LogP contribution < -0.4 is 23.4 Å². The number of halogens is 8. The van der Waals surface area contributed by atoms with Gasteiger partial charge in [0.15, 0.2) is 5.78 Å². The first-order valence-electron chi connectivity index (χ1n) is 16.9. The molecule has 0 unspecified atom stereocenters. The Morgan fingerprint density at radius 3 is 1.59 bits per heavy atom. The number of carbonyl (C=O) groups is 2. The van der Waals surface area contributed by atoms with Crippen LogP contribution in [-0.4, -0.2) is 78.2 Å². The van der Waals surface area contributed by atoms with E-state index in [9.17, 15) is 61.5 Å². The standard InChI is InChI=1S/C19H18F4N2O5S.C18H15F4N3O4S/c1-30-17-6-4-3-5-15(17)25(31(2,28)29)11-13-8-7-12(9-14(13)20)16(26)10-24-18(27)19(21,22)23;1-28-15-6-4-3-5-14(15)25(30(2,26)27)10-12-8-7-11(9-13(12)19)16-23-24-17(29-16)18(20,21)22/h3-9H,10-11H2,1-2H3,(H,24,27);3-9H,10H2,1-2H3. The summed E-state index contributed by atoms with van der Waals surface area (Å²) in [5.41, 5.74) is -0.105. The maximum Gasteiger partial charge on any atom is 0.471 e. The van der Waals surface area contributed by atoms with E-state index in [1.807, 2.05) is 0 Å². The zero-order chi connectivity index (χ0) is 45.5. The Labute approximate surface area is 342 Å². The number of para-hydroxylation sites is 4. The van der Waals surface area contributed by atoms with Gasteiger partial charge in [-0.3, -0.25) is 18.2 Å². The van der Waals surface area contributed by atoms with Crippen molar-refractivity contribution in [3.63, 3.8) is 0 Å². The van der Waals surface area contributed by atoms with Gasteiger partial charge in [0.25, 0.3) is 0 Å². The molecule has 0 bridgehead atoms. The van der Waals surface area contributed by atoms with Crippen molar-refractivity contribution < 1.29 is 75.4 Å². The monoisotopic (exact) mass is 907 g/mol. The number of carbonyl (C=O) groups excluding carboxylic acids is 2. The van der Waals surface area contributed by atoms with E-state index in [1.54, 1.807) is 30.3 Å². The molecule has 5 rings (SSSR count). The summed E-state index contributed by atoms with van der Waals surface area (Å²) in [7, 11) is -4.96. The highest BCUT2D eigenvalue weighted by molar-refractivity contribution is 7.92. The number of anilines is 2. The number of alkyl halides is 6. The molecule has 24 heteroatoms. The number of nitrogens with zero attached hydrogens (tertiary/aromatic N) is 4. The minimum Gasteiger partial charge on any atom is -0.495 e. The fraction of sp³-hybridized carbons (Fsp3) is 0.243. The second kappa shape index (κ2) is 19.0. The molecule has 5 aromatic rings. The van der Waals surface area contributed by atoms with Crippen LogP contribution in [0.15, 0.2) is 89.3 Å². The summed E-state index contributed by atoms with van der Waals surface area (Å²) in [6.07, 6.45) is -8.08. The highest BCUT2D eigenvalue weighted by Crippen LogP contribution is 2.34. The van der Waals surface area contributed by atoms with Crippen molar-refractivity contribution in [2.45, 2.75) is 25.4 Å². The van der Waals surface area contributed by atoms with Gasteiger partial charge in [0.1, 0.15) is 23.1 Å². The molecule has 61 heavy (non-hydrogen) atoms. The van der Waals surface area contributed by atoms with Crippen LogP contribution in [-0.2, 0) is 44.1 Å². The molecular formula is C37H33F8N5O9S2. The van der Waals surface area contributed by atoms with E-state index in [-0.39, 0.29) is 51.7 Å². The Morgan fingerprint density at radius 2 is 1.18 bits per heavy atom. The Kier molecular flexibility index (Phi) is 14.7. The molecule has 14 nitrogen and oxygen atoms in total. The molecule has 0 saturated heterocycles. The highest BCUT2D eigenvalue weighted by atomic mass is 32.2. The van der Waals surface area contributed by atoms with Gasteiger partial charge in [0, 0.05) is 22.3 Å². The zero-order valence-corrected chi connectivity index (χ0v) is 33.6. The van der Waals surface area contributed by atoms with Crippen molar-refractivity contribution in [3.05, 3.63) is 119 Å². The predicted octanol–water partition coefficient (Wildman–Crippen LogP) is 6.53. The summed E-state index contributed by atoms with van der Waals surface area (Å²) in [5, 5.41) is 7.56. The fourth-order valence-corrected chi connectivity index (χ4v) is 6.98. The maximum absolute atomic E-state index is 14.7. The molecule has 1 aromatic heterocycles. The van der Waals surface area contributed by atoms with Gasteiger partial charge < -0.3 is 19.2 Å². The molecule has 0 saturated carbocycles. The van der Waals surface area contributed by atoms with Crippen LogP contribution in [0.4, 0.5) is 46.5 Å². The van der Waals surface area contributed by atoms with Crippen LogP contribution in [0.1, 0.15) is 27.4 Å². The van der Waals surface area contributed by atoms with E-state index in [1.165, 1.54) is 49.9 Å². The van der Waals surface area contributed by atoms with E-state index in [0.717, 1.165) is 45.4 Å². The van der Waals surface area contributed by atoms with Crippen molar-refractivity contribution in [2.75, 3.05) is 41.9 Å². The minimum atomic E-state index is -5.15. The van der Waals surface area contributed by atoms with E-state index in [2.05, 4.69) is 14.6 Å². The summed E-state index contributed by atoms with van der Waals surface area (Å²) in [6, 6.07) is 18.9. The average molecular weight is 908 g/mol. The first-order chi connectivity index (χ1) is 28.3. The van der Waals surface area contributed by atoms with Crippen molar-refractivity contribution in [3.8, 4) is 23.0 Å². The van der Waals surface area contributed by atoms with E-state index >= 15 is 0 Å². The number of hydrogen-bond acceptors (Lipinski definition) is 11. The summed E-state index contributed by atoms with van der Waals surface area (Å²) in [5.74, 6) is -6.62. The normalized spacial score (nSPS) is 11.9. The van der Waals surface area contributed by atoms with Crippen LogP contribution in [0.5, 0.6) is 11.5 Å². The molecule has 0 fully saturated rings. The number of amides is 1. The Bertz CT molecular complexity index is 2610. The molecule has 0 aliphatic carbocycles. The highest BCUT2D eigenvalue weighted by Gasteiger charge is 2.39. The zero-order valence-electron chi connectivity index (χ0n) is 32.0. The van der Waals surface area contributed by atoms with Crippen molar-refractivity contribution in [1.82, 2.24) is 15.5 Å². The van der Waals surface area contributed by atoms with Crippen LogP contribution in [0.3, 0.4) is 0 Å². The average Bonchev–Trinajstić information content (AvgIpc) is 3.69. The van der Waals surface area contributed by atoms with E-state index in [0.29, 0.717) is 0 Å². The Balaban J connectivity index is 0.000000269. The lowest BCUT2D eigenvalue weighted by Gasteiger charge is -2.24. The molecule has 0 radical (unpaired) electrons. The second-order valence-electron chi connectivity index (χ2n) is 12.5. The van der Waals surface area contributed by atoms with Crippen LogP contribution in [0.2, 0.25) is 0 Å². The lowest BCUT2D eigenvalue weighted by molar-refractivity contribution is -0.173. The number of ketones is 1. The fourth-order valence-electron chi connectivity index (χ4n) is 5.22. The van der Waals surface area contributed by atoms with Gasteiger partial charge in [-0.25, -0.2) is 25.6 Å². The quantitative estimate of drug-likeness (QED) is 0.0947. The lowest BCUT2D eigenvalue weighted by atomic mass is 10.1. The van der Waals surface area contributed by atoms with Gasteiger partial charge in [0.2, 0.25) is 25.9 Å². The molecule has 0 spiro atoms. The third-order valence-electron chi connectivity index (χ3n) is 8.15. The molecular weight excluding hydrogens is 875 g/mol. The number of aromatic nitrogens is 2. The second-order valence-corrected chi connectivity index (χ2v) is 16.3. The molecule has 1 N–H and O–H groups in total. The number of sulfonamides is 2. The third-order valence-corrected chi connectivity index (χ3v) is 10.4. The molecule has 0 aliphatic heterocycles. The minimum absolute atomic E-state index is 0.0226. The van der Waals surface area contributed by atoms with E-state index < -0.39 is 80.6 Å². The number of hydrogen-bond donors (Lipinski definition) is 1. The molecule has 0 aliphatic rings. The van der Waals surface area contributed by atoms with Crippen LogP contribution in [0, 0.1) is 11.6 Å². The molecule has 1 amide bonds. The number of methoxy groups -OCH3 is 2. The summed E-state index contributed by atoms with van der Waals surface area (Å²) < 4.78 is 169. The molecule has 1 heterocycles. The smallest absolute Gasteiger partial charge is 0.471 e. The third kappa shape index (κ3) is 12.4. The number of Topliss-reactive ketones (excluding diaryl/α,β-unsaturated/α-hetero) is 1. The number of ether oxygens (including phenoxy) is 2. The number of benzene rings is 4. The Hall–Kier alpha value is -6.30. The van der Waals surface area contributed by atoms with Gasteiger partial charge >= 0.3 is 24.2 Å². The lowest BCUT2D eigenvalue weighted by Crippen LogP contribution is -2.39. The molecule has 0 atom stereocenters.